The predicted molar refractivity (Wildman–Crippen MR) is 29.8 cm³/mol. The first-order valence-corrected chi connectivity index (χ1v) is 1.87. The van der Waals surface area contributed by atoms with Gasteiger partial charge in [-0.25, -0.2) is 0 Å². The minimum absolute atomic E-state index is 0.265. The van der Waals surface area contributed by atoms with Crippen molar-refractivity contribution in [1.29, 1.82) is 0 Å². The summed E-state index contributed by atoms with van der Waals surface area (Å²) in [6.45, 7) is 0. The molecular formula is C4H9N3. The lowest BCUT2D eigenvalue weighted by Gasteiger charge is -1.81. The lowest BCUT2D eigenvalue weighted by molar-refractivity contribution is 1.25. The normalized spacial score (nSPS) is 9.14. The summed E-state index contributed by atoms with van der Waals surface area (Å²) in [4.78, 5) is 0. The van der Waals surface area contributed by atoms with E-state index in [1.807, 2.05) is 0 Å². The maximum absolute atomic E-state index is 5.01. The fraction of sp³-hybridized carbons (Fsp3) is 0. The van der Waals surface area contributed by atoms with Crippen LogP contribution in [0.5, 0.6) is 0 Å². The molecule has 40 valence electrons. The van der Waals surface area contributed by atoms with Crippen molar-refractivity contribution < 1.29 is 0 Å². The van der Waals surface area contributed by atoms with Gasteiger partial charge in [0.05, 0.1) is 5.82 Å². The maximum atomic E-state index is 5.01. The van der Waals surface area contributed by atoms with Crippen molar-refractivity contribution in [3.05, 3.63) is 24.2 Å². The maximum Gasteiger partial charge on any atom is 0.0934 e. The van der Waals surface area contributed by atoms with Gasteiger partial charge >= 0.3 is 0 Å². The second-order valence-electron chi connectivity index (χ2n) is 1.05. The van der Waals surface area contributed by atoms with Crippen molar-refractivity contribution in [2.24, 2.45) is 17.2 Å². The second-order valence-corrected chi connectivity index (χ2v) is 1.05. The Bertz CT molecular complexity index is 89.1. The zero-order valence-electron chi connectivity index (χ0n) is 3.96. The third-order valence-corrected chi connectivity index (χ3v) is 0.400. The van der Waals surface area contributed by atoms with Crippen LogP contribution in [-0.2, 0) is 0 Å². The average Bonchev–Trinajstić information content (AvgIpc) is 1.61. The zero-order chi connectivity index (χ0) is 5.70. The first-order valence-electron chi connectivity index (χ1n) is 1.87. The molecule has 0 aromatic rings. The van der Waals surface area contributed by atoms with Crippen molar-refractivity contribution in [3.8, 4) is 0 Å². The van der Waals surface area contributed by atoms with Crippen LogP contribution in [-0.4, -0.2) is 0 Å². The summed E-state index contributed by atoms with van der Waals surface area (Å²) in [7, 11) is 0. The van der Waals surface area contributed by atoms with Crippen LogP contribution in [0.15, 0.2) is 24.2 Å². The molecule has 0 aromatic carbocycles. The quantitative estimate of drug-likeness (QED) is 0.377. The third kappa shape index (κ3) is 4.88. The molecule has 0 aromatic heterocycles. The Hall–Kier alpha value is -1.12. The van der Waals surface area contributed by atoms with Gasteiger partial charge in [-0.3, -0.25) is 0 Å². The largest absolute Gasteiger partial charge is 0.405 e. The number of rotatable bonds is 1. The minimum Gasteiger partial charge on any atom is -0.405 e. The van der Waals surface area contributed by atoms with Gasteiger partial charge in [-0.15, -0.1) is 0 Å². The van der Waals surface area contributed by atoms with Crippen molar-refractivity contribution in [3.63, 3.8) is 0 Å². The van der Waals surface area contributed by atoms with Crippen molar-refractivity contribution >= 4 is 0 Å². The van der Waals surface area contributed by atoms with Gasteiger partial charge in [-0.05, 0) is 18.4 Å². The van der Waals surface area contributed by atoms with Crippen LogP contribution in [0.1, 0.15) is 0 Å². The Morgan fingerprint density at radius 2 is 1.86 bits per heavy atom. The van der Waals surface area contributed by atoms with E-state index in [0.717, 1.165) is 0 Å². The van der Waals surface area contributed by atoms with E-state index in [2.05, 4.69) is 0 Å². The molecule has 0 amide bonds. The van der Waals surface area contributed by atoms with Crippen LogP contribution in [0, 0.1) is 0 Å². The number of allylic oxidation sites excluding steroid dienone is 2. The van der Waals surface area contributed by atoms with Gasteiger partial charge in [0.25, 0.3) is 0 Å². The van der Waals surface area contributed by atoms with Crippen LogP contribution in [0.25, 0.3) is 0 Å². The Morgan fingerprint density at radius 1 is 1.29 bits per heavy atom. The fourth-order valence-corrected chi connectivity index (χ4v) is 0.167. The highest BCUT2D eigenvalue weighted by Gasteiger charge is 1.65. The van der Waals surface area contributed by atoms with Crippen LogP contribution in [0.3, 0.4) is 0 Å². The molecule has 0 rings (SSSR count). The van der Waals surface area contributed by atoms with Crippen molar-refractivity contribution in [2.75, 3.05) is 0 Å². The van der Waals surface area contributed by atoms with E-state index in [0.29, 0.717) is 0 Å². The summed E-state index contributed by atoms with van der Waals surface area (Å²) in [5.74, 6) is 0.265. The van der Waals surface area contributed by atoms with E-state index in [4.69, 9.17) is 17.2 Å². The minimum atomic E-state index is 0.265. The molecule has 0 radical (unpaired) electrons. The van der Waals surface area contributed by atoms with Gasteiger partial charge in [0.1, 0.15) is 0 Å². The van der Waals surface area contributed by atoms with Crippen molar-refractivity contribution in [1.82, 2.24) is 0 Å². The Kier molecular flexibility index (Phi) is 2.59. The van der Waals surface area contributed by atoms with Gasteiger partial charge in [0.15, 0.2) is 0 Å². The molecule has 0 aliphatic heterocycles. The number of hydrogen-bond acceptors (Lipinski definition) is 3. The lowest BCUT2D eigenvalue weighted by atomic mass is 10.5. The molecule has 0 aliphatic carbocycles. The number of nitrogens with two attached hydrogens (primary N) is 3. The molecule has 7 heavy (non-hydrogen) atoms. The molecule has 0 saturated heterocycles. The summed E-state index contributed by atoms with van der Waals surface area (Å²) in [5, 5.41) is 0. The van der Waals surface area contributed by atoms with E-state index >= 15 is 0 Å². The molecular weight excluding hydrogens is 90.1 g/mol. The van der Waals surface area contributed by atoms with E-state index in [1.165, 1.54) is 12.3 Å². The molecule has 3 nitrogen and oxygen atoms in total. The van der Waals surface area contributed by atoms with Gasteiger partial charge in [-0.2, -0.15) is 0 Å². The molecule has 0 aliphatic rings. The highest BCUT2D eigenvalue weighted by molar-refractivity contribution is 5.04. The van der Waals surface area contributed by atoms with Crippen LogP contribution in [0.4, 0.5) is 0 Å². The number of hydrogen-bond donors (Lipinski definition) is 3. The third-order valence-electron chi connectivity index (χ3n) is 0.400. The summed E-state index contributed by atoms with van der Waals surface area (Å²) in [6.07, 6.45) is 4.44. The molecule has 0 bridgehead atoms. The Labute approximate surface area is 42.5 Å². The first-order chi connectivity index (χ1) is 3.27. The first kappa shape index (κ1) is 5.88. The second kappa shape index (κ2) is 3.08. The van der Waals surface area contributed by atoms with Crippen LogP contribution in [0.2, 0.25) is 0 Å². The highest BCUT2D eigenvalue weighted by atomic mass is 14.8. The molecule has 0 saturated carbocycles. The summed E-state index contributed by atoms with van der Waals surface area (Å²) < 4.78 is 0. The molecule has 0 heterocycles. The van der Waals surface area contributed by atoms with E-state index in [1.54, 1.807) is 6.08 Å². The van der Waals surface area contributed by atoms with E-state index < -0.39 is 0 Å². The Morgan fingerprint density at radius 3 is 2.00 bits per heavy atom. The smallest absolute Gasteiger partial charge is 0.0934 e. The molecule has 3 heteroatoms. The van der Waals surface area contributed by atoms with Crippen molar-refractivity contribution in [2.45, 2.75) is 0 Å². The molecule has 0 fully saturated rings. The van der Waals surface area contributed by atoms with Gasteiger partial charge in [-0.1, -0.05) is 0 Å². The fourth-order valence-electron chi connectivity index (χ4n) is 0.167. The van der Waals surface area contributed by atoms with E-state index in [-0.39, 0.29) is 5.82 Å². The van der Waals surface area contributed by atoms with Crippen LogP contribution < -0.4 is 17.2 Å². The molecule has 0 unspecified atom stereocenters. The average molecular weight is 99.1 g/mol. The topological polar surface area (TPSA) is 78.1 Å². The molecule has 6 N–H and O–H groups in total. The zero-order valence-corrected chi connectivity index (χ0v) is 3.96. The standard InChI is InChI=1S/C4H9N3/c5-3-1-2-4(6)7/h1-3H,5-7H2/b3-1+. The van der Waals surface area contributed by atoms with Gasteiger partial charge < -0.3 is 17.2 Å². The highest BCUT2D eigenvalue weighted by Crippen LogP contribution is 1.69. The summed E-state index contributed by atoms with van der Waals surface area (Å²) in [5.41, 5.74) is 15.0. The SMILES string of the molecule is N/C=C/C=C(N)N. The lowest BCUT2D eigenvalue weighted by Crippen LogP contribution is -2.06. The van der Waals surface area contributed by atoms with Gasteiger partial charge in [0, 0.05) is 0 Å². The monoisotopic (exact) mass is 99.1 g/mol. The summed E-state index contributed by atoms with van der Waals surface area (Å²) >= 11 is 0. The van der Waals surface area contributed by atoms with Gasteiger partial charge in [0.2, 0.25) is 0 Å². The summed E-state index contributed by atoms with van der Waals surface area (Å²) in [6, 6.07) is 0. The molecule has 0 atom stereocenters. The van der Waals surface area contributed by atoms with E-state index in [9.17, 15) is 0 Å². The Balaban J connectivity index is 3.46. The molecule has 0 spiro atoms. The van der Waals surface area contributed by atoms with Crippen LogP contribution >= 0.6 is 0 Å². The predicted octanol–water partition coefficient (Wildman–Crippen LogP) is -0.782.